The predicted octanol–water partition coefficient (Wildman–Crippen LogP) is 7.55. The van der Waals surface area contributed by atoms with Crippen LogP contribution in [0.1, 0.15) is 39.5 Å². The molecular weight excluding hydrogens is 572 g/mol. The topological polar surface area (TPSA) is 82.8 Å². The first-order chi connectivity index (χ1) is 22.2. The summed E-state index contributed by atoms with van der Waals surface area (Å²) in [6, 6.07) is 35.0. The molecule has 0 amide bonds. The number of imidazole rings is 1. The molecule has 0 radical (unpaired) electrons. The predicted molar refractivity (Wildman–Crippen MR) is 183 cm³/mol. The number of aromatic nitrogens is 5. The number of nitrogens with one attached hydrogen (secondary N) is 1. The van der Waals surface area contributed by atoms with Crippen LogP contribution in [0.2, 0.25) is 0 Å². The molecule has 7 aromatic rings. The molecule has 0 aliphatic heterocycles. The maximum absolute atomic E-state index is 15.0. The van der Waals surface area contributed by atoms with Gasteiger partial charge in [-0.25, -0.2) is 4.79 Å². The molecule has 0 atom stereocenters. The first-order valence-electron chi connectivity index (χ1n) is 15.4. The Balaban J connectivity index is 1.68. The lowest BCUT2D eigenvalue weighted by Crippen LogP contribution is -2.44. The lowest BCUT2D eigenvalue weighted by atomic mass is 9.76. The number of benzene rings is 4. The van der Waals surface area contributed by atoms with Crippen LogP contribution in [0.5, 0.6) is 0 Å². The molecule has 8 heteroatoms. The smallest absolute Gasteiger partial charge is 0.330 e. The highest BCUT2D eigenvalue weighted by Crippen LogP contribution is 2.44. The second-order valence-corrected chi connectivity index (χ2v) is 11.9. The van der Waals surface area contributed by atoms with Crippen LogP contribution in [0.15, 0.2) is 112 Å². The van der Waals surface area contributed by atoms with Crippen LogP contribution in [0.3, 0.4) is 0 Å². The molecule has 46 heavy (non-hydrogen) atoms. The molecule has 4 aromatic carbocycles. The van der Waals surface area contributed by atoms with Crippen LogP contribution in [-0.4, -0.2) is 24.1 Å². The van der Waals surface area contributed by atoms with Gasteiger partial charge >= 0.3 is 5.69 Å². The molecule has 0 saturated heterocycles. The Bertz CT molecular complexity index is 2140. The number of fused-ring (bicyclic) bond motifs is 1. The number of hydrogen-bond donors (Lipinski definition) is 1. The third-order valence-corrected chi connectivity index (χ3v) is 9.15. The minimum atomic E-state index is -1.00. The van der Waals surface area contributed by atoms with Gasteiger partial charge in [0.05, 0.1) is 39.5 Å². The van der Waals surface area contributed by atoms with Crippen molar-refractivity contribution in [3.8, 4) is 11.1 Å². The number of anilines is 2. The van der Waals surface area contributed by atoms with E-state index in [1.807, 2.05) is 106 Å². The van der Waals surface area contributed by atoms with Crippen molar-refractivity contribution in [2.24, 2.45) is 14.1 Å². The maximum atomic E-state index is 15.0. The van der Waals surface area contributed by atoms with Crippen LogP contribution in [-0.2, 0) is 19.6 Å². The Labute approximate surface area is 267 Å². The second kappa shape index (κ2) is 11.1. The number of rotatable bonds is 7. The Morgan fingerprint density at radius 1 is 0.739 bits per heavy atom. The van der Waals surface area contributed by atoms with Gasteiger partial charge in [0.2, 0.25) is 0 Å². The van der Waals surface area contributed by atoms with Gasteiger partial charge in [-0.2, -0.15) is 5.10 Å². The van der Waals surface area contributed by atoms with E-state index in [4.69, 9.17) is 4.52 Å². The van der Waals surface area contributed by atoms with Gasteiger partial charge in [0.25, 0.3) is 0 Å². The van der Waals surface area contributed by atoms with Gasteiger partial charge in [-0.3, -0.25) is 13.8 Å². The molecule has 230 valence electrons. The number of nitrogens with zero attached hydrogens (tertiary/aromatic N) is 5. The van der Waals surface area contributed by atoms with Crippen LogP contribution in [0, 0.1) is 27.7 Å². The summed E-state index contributed by atoms with van der Waals surface area (Å²) in [7, 11) is 3.78. The van der Waals surface area contributed by atoms with Crippen molar-refractivity contribution < 1.29 is 4.52 Å². The average molecular weight is 609 g/mol. The van der Waals surface area contributed by atoms with Gasteiger partial charge in [0.15, 0.2) is 0 Å². The standard InChI is InChI=1S/C38H36N6O2/c1-24-34(27(4)46-41-24)28-22-32(39-35-25(2)40-43(6)26(35)3)36-33(23-28)44(37(45)42(36)5)38(29-16-10-7-11-17-29,30-18-12-8-13-19-30)31-20-14-9-15-21-31/h7-23,39H,1-6H3. The number of aryl methyl sites for hydroxylation is 5. The van der Waals surface area contributed by atoms with E-state index in [0.29, 0.717) is 5.76 Å². The molecule has 0 spiro atoms. The zero-order valence-corrected chi connectivity index (χ0v) is 26.9. The molecule has 0 aliphatic carbocycles. The summed E-state index contributed by atoms with van der Waals surface area (Å²) >= 11 is 0. The molecule has 0 unspecified atom stereocenters. The van der Waals surface area contributed by atoms with E-state index in [1.165, 1.54) is 0 Å². The van der Waals surface area contributed by atoms with Crippen molar-refractivity contribution in [1.29, 1.82) is 0 Å². The van der Waals surface area contributed by atoms with Crippen LogP contribution in [0.25, 0.3) is 22.2 Å². The summed E-state index contributed by atoms with van der Waals surface area (Å²) in [6.07, 6.45) is 0. The minimum Gasteiger partial charge on any atom is -0.361 e. The molecular formula is C38H36N6O2. The van der Waals surface area contributed by atoms with E-state index in [2.05, 4.69) is 64.1 Å². The quantitative estimate of drug-likeness (QED) is 0.189. The normalized spacial score (nSPS) is 11.8. The van der Waals surface area contributed by atoms with Crippen molar-refractivity contribution in [2.75, 3.05) is 5.32 Å². The molecule has 3 heterocycles. The molecule has 8 nitrogen and oxygen atoms in total. The zero-order valence-electron chi connectivity index (χ0n) is 26.9. The van der Waals surface area contributed by atoms with E-state index in [1.54, 1.807) is 4.57 Å². The Kier molecular flexibility index (Phi) is 7.00. The first kappa shape index (κ1) is 29.1. The first-order valence-corrected chi connectivity index (χ1v) is 15.4. The van der Waals surface area contributed by atoms with Crippen molar-refractivity contribution in [2.45, 2.75) is 33.2 Å². The largest absolute Gasteiger partial charge is 0.361 e. The van der Waals surface area contributed by atoms with Gasteiger partial charge in [0, 0.05) is 19.7 Å². The van der Waals surface area contributed by atoms with Gasteiger partial charge < -0.3 is 9.84 Å². The fourth-order valence-electron chi connectivity index (χ4n) is 6.96. The monoisotopic (exact) mass is 608 g/mol. The van der Waals surface area contributed by atoms with Crippen LogP contribution < -0.4 is 11.0 Å². The van der Waals surface area contributed by atoms with Crippen molar-refractivity contribution >= 4 is 22.4 Å². The third-order valence-electron chi connectivity index (χ3n) is 9.15. The summed E-state index contributed by atoms with van der Waals surface area (Å²) in [5, 5.41) is 12.6. The molecule has 0 bridgehead atoms. The van der Waals surface area contributed by atoms with E-state index < -0.39 is 5.54 Å². The van der Waals surface area contributed by atoms with Gasteiger partial charge in [0.1, 0.15) is 11.3 Å². The summed E-state index contributed by atoms with van der Waals surface area (Å²) < 4.78 is 11.2. The third kappa shape index (κ3) is 4.32. The number of hydrogen-bond acceptors (Lipinski definition) is 5. The molecule has 1 N–H and O–H groups in total. The summed E-state index contributed by atoms with van der Waals surface area (Å²) in [4.78, 5) is 15.0. The molecule has 3 aromatic heterocycles. The SMILES string of the molecule is Cc1nn(C)c(C)c1Nc1cc(-c2c(C)noc2C)cc2c1n(C)c(=O)n2C(c1ccccc1)(c1ccccc1)c1ccccc1. The maximum Gasteiger partial charge on any atom is 0.330 e. The molecule has 0 saturated carbocycles. The average Bonchev–Trinajstić information content (AvgIpc) is 3.64. The van der Waals surface area contributed by atoms with Crippen LogP contribution in [0.4, 0.5) is 11.4 Å². The Hall–Kier alpha value is -5.63. The molecule has 0 fully saturated rings. The van der Waals surface area contributed by atoms with Gasteiger partial charge in [-0.1, -0.05) is 96.2 Å². The molecule has 7 rings (SSSR count). The van der Waals surface area contributed by atoms with E-state index >= 15 is 0 Å². The van der Waals surface area contributed by atoms with Gasteiger partial charge in [-0.05, 0) is 62.1 Å². The van der Waals surface area contributed by atoms with E-state index in [0.717, 1.165) is 67.3 Å². The highest BCUT2D eigenvalue weighted by Gasteiger charge is 2.42. The second-order valence-electron chi connectivity index (χ2n) is 11.9. The van der Waals surface area contributed by atoms with E-state index in [9.17, 15) is 4.79 Å². The zero-order chi connectivity index (χ0) is 32.2. The summed E-state index contributed by atoms with van der Waals surface area (Å²) in [6.45, 7) is 7.88. The highest BCUT2D eigenvalue weighted by atomic mass is 16.5. The lowest BCUT2D eigenvalue weighted by Gasteiger charge is -2.37. The fraction of sp³-hybridized carbons (Fsp3) is 0.184. The lowest BCUT2D eigenvalue weighted by molar-refractivity contribution is 0.393. The fourth-order valence-corrected chi connectivity index (χ4v) is 6.96. The Morgan fingerprint density at radius 3 is 1.74 bits per heavy atom. The van der Waals surface area contributed by atoms with Crippen molar-refractivity contribution in [1.82, 2.24) is 24.1 Å². The highest BCUT2D eigenvalue weighted by molar-refractivity contribution is 5.96. The van der Waals surface area contributed by atoms with Crippen molar-refractivity contribution in [3.63, 3.8) is 0 Å². The van der Waals surface area contributed by atoms with Crippen LogP contribution >= 0.6 is 0 Å². The summed E-state index contributed by atoms with van der Waals surface area (Å²) in [5.41, 5.74) is 9.42. The summed E-state index contributed by atoms with van der Waals surface area (Å²) in [5.74, 6) is 0.710. The van der Waals surface area contributed by atoms with Gasteiger partial charge in [-0.15, -0.1) is 0 Å². The van der Waals surface area contributed by atoms with E-state index in [-0.39, 0.29) is 5.69 Å². The molecule has 0 aliphatic rings. The van der Waals surface area contributed by atoms with Crippen molar-refractivity contribution in [3.05, 3.63) is 153 Å². The minimum absolute atomic E-state index is 0.148. The Morgan fingerprint density at radius 2 is 1.28 bits per heavy atom.